The van der Waals surface area contributed by atoms with Crippen molar-refractivity contribution in [2.24, 2.45) is 5.92 Å². The van der Waals surface area contributed by atoms with Gasteiger partial charge in [0, 0.05) is 39.4 Å². The van der Waals surface area contributed by atoms with Gasteiger partial charge in [0.1, 0.15) is 24.1 Å². The Kier molecular flexibility index (Phi) is 13.4. The third-order valence-corrected chi connectivity index (χ3v) is 6.29. The number of aliphatic hydroxyl groups is 2. The van der Waals surface area contributed by atoms with Gasteiger partial charge in [-0.3, -0.25) is 9.59 Å². The number of likely N-dealkylation sites (N-methyl/N-ethyl adjacent to an activating group) is 1. The minimum Gasteiger partial charge on any atom is -0.388 e. The molecule has 10 heteroatoms. The van der Waals surface area contributed by atoms with Crippen LogP contribution in [0.4, 0.5) is 4.39 Å². The maximum atomic E-state index is 14.6. The molecular weight excluding hydrogens is 481 g/mol. The summed E-state index contributed by atoms with van der Waals surface area (Å²) in [5.41, 5.74) is -0.103. The van der Waals surface area contributed by atoms with Gasteiger partial charge in [0.2, 0.25) is 5.91 Å². The number of carbonyl (C=O) groups excluding carboxylic acids is 2. The van der Waals surface area contributed by atoms with Crippen molar-refractivity contribution >= 4 is 11.8 Å². The molecule has 210 valence electrons. The van der Waals surface area contributed by atoms with Crippen LogP contribution in [-0.2, 0) is 14.3 Å². The van der Waals surface area contributed by atoms with Crippen LogP contribution in [0.5, 0.6) is 0 Å². The number of hydrogen-bond donors (Lipinski definition) is 2. The van der Waals surface area contributed by atoms with E-state index in [1.807, 2.05) is 27.9 Å². The summed E-state index contributed by atoms with van der Waals surface area (Å²) in [6.07, 6.45) is -1.39. The molecule has 0 bridgehead atoms. The Morgan fingerprint density at radius 1 is 1.14 bits per heavy atom. The second-order valence-electron chi connectivity index (χ2n) is 10.3. The van der Waals surface area contributed by atoms with Crippen LogP contribution >= 0.6 is 0 Å². The standard InChI is InChI=1S/C27H44FN3O6/c1-20(2)11-16-37-24-17-31(27(35)21-9-5-6-10-22(21)28)14-13-30(25(33)18-29(3)4)12-7-8-15-36-19-23(32)26(24)34/h5-6,9-10,20,23-24,26,32,34H,7-8,11-19H2,1-4H3/t23-,24-,26-/m1/s1. The van der Waals surface area contributed by atoms with Crippen LogP contribution in [0, 0.1) is 11.7 Å². The van der Waals surface area contributed by atoms with Crippen molar-refractivity contribution in [1.82, 2.24) is 14.7 Å². The van der Waals surface area contributed by atoms with Gasteiger partial charge in [-0.05, 0) is 51.4 Å². The van der Waals surface area contributed by atoms with Gasteiger partial charge < -0.3 is 34.4 Å². The summed E-state index contributed by atoms with van der Waals surface area (Å²) in [5, 5.41) is 21.5. The van der Waals surface area contributed by atoms with E-state index < -0.39 is 30.0 Å². The van der Waals surface area contributed by atoms with E-state index in [9.17, 15) is 24.2 Å². The number of amides is 2. The summed E-state index contributed by atoms with van der Waals surface area (Å²) in [7, 11) is 3.63. The van der Waals surface area contributed by atoms with Gasteiger partial charge in [0.25, 0.3) is 5.91 Å². The predicted molar refractivity (Wildman–Crippen MR) is 139 cm³/mol. The van der Waals surface area contributed by atoms with Gasteiger partial charge in [-0.15, -0.1) is 0 Å². The van der Waals surface area contributed by atoms with E-state index in [1.165, 1.54) is 23.1 Å². The number of carbonyl (C=O) groups is 2. The Hall–Kier alpha value is -2.11. The van der Waals surface area contributed by atoms with Crippen LogP contribution in [0.3, 0.4) is 0 Å². The topological polar surface area (TPSA) is 103 Å². The summed E-state index contributed by atoms with van der Waals surface area (Å²) in [6, 6.07) is 5.72. The molecule has 9 nitrogen and oxygen atoms in total. The van der Waals surface area contributed by atoms with Crippen LogP contribution in [0.25, 0.3) is 0 Å². The number of ether oxygens (including phenoxy) is 2. The third kappa shape index (κ3) is 10.6. The van der Waals surface area contributed by atoms with Crippen molar-refractivity contribution < 1.29 is 33.7 Å². The number of benzene rings is 1. The first-order valence-corrected chi connectivity index (χ1v) is 13.1. The summed E-state index contributed by atoms with van der Waals surface area (Å²) < 4.78 is 26.1. The molecule has 1 aromatic carbocycles. The molecule has 0 saturated carbocycles. The zero-order valence-electron chi connectivity index (χ0n) is 22.6. The average Bonchev–Trinajstić information content (AvgIpc) is 2.84. The quantitative estimate of drug-likeness (QED) is 0.558. The maximum absolute atomic E-state index is 14.6. The number of aliphatic hydroxyl groups excluding tert-OH is 2. The molecule has 1 saturated heterocycles. The fraction of sp³-hybridized carbons (Fsp3) is 0.704. The van der Waals surface area contributed by atoms with E-state index in [0.717, 1.165) is 6.42 Å². The van der Waals surface area contributed by atoms with E-state index in [4.69, 9.17) is 9.47 Å². The lowest BCUT2D eigenvalue weighted by atomic mass is 10.1. The molecule has 1 fully saturated rings. The summed E-state index contributed by atoms with van der Waals surface area (Å²) in [6.45, 7) is 5.70. The van der Waals surface area contributed by atoms with Crippen molar-refractivity contribution in [1.29, 1.82) is 0 Å². The Balaban J connectivity index is 2.35. The molecule has 1 aliphatic rings. The molecular formula is C27H44FN3O6. The second-order valence-corrected chi connectivity index (χ2v) is 10.3. The molecule has 1 aromatic rings. The van der Waals surface area contributed by atoms with Crippen molar-refractivity contribution in [3.8, 4) is 0 Å². The van der Waals surface area contributed by atoms with Crippen molar-refractivity contribution in [2.75, 3.05) is 66.6 Å². The van der Waals surface area contributed by atoms with Gasteiger partial charge in [0.05, 0.1) is 18.7 Å². The smallest absolute Gasteiger partial charge is 0.256 e. The zero-order chi connectivity index (χ0) is 27.4. The van der Waals surface area contributed by atoms with Gasteiger partial charge in [0.15, 0.2) is 0 Å². The van der Waals surface area contributed by atoms with Crippen LogP contribution in [0.2, 0.25) is 0 Å². The molecule has 3 atom stereocenters. The summed E-state index contributed by atoms with van der Waals surface area (Å²) in [4.78, 5) is 31.3. The Labute approximate surface area is 220 Å². The zero-order valence-corrected chi connectivity index (χ0v) is 22.6. The highest BCUT2D eigenvalue weighted by Crippen LogP contribution is 2.16. The number of hydrogen-bond acceptors (Lipinski definition) is 7. The molecule has 0 radical (unpaired) electrons. The second kappa shape index (κ2) is 16.0. The number of nitrogens with zero attached hydrogens (tertiary/aromatic N) is 3. The lowest BCUT2D eigenvalue weighted by Gasteiger charge is -2.34. The molecule has 37 heavy (non-hydrogen) atoms. The van der Waals surface area contributed by atoms with Crippen LogP contribution in [0.15, 0.2) is 24.3 Å². The molecule has 0 aromatic heterocycles. The van der Waals surface area contributed by atoms with Crippen LogP contribution in [-0.4, -0.2) is 122 Å². The Bertz CT molecular complexity index is 840. The molecule has 0 spiro atoms. The first-order valence-electron chi connectivity index (χ1n) is 13.1. The van der Waals surface area contributed by atoms with Crippen LogP contribution < -0.4 is 0 Å². The minimum absolute atomic E-state index is 0.0727. The van der Waals surface area contributed by atoms with Gasteiger partial charge in [-0.1, -0.05) is 26.0 Å². The third-order valence-electron chi connectivity index (χ3n) is 6.29. The first kappa shape index (κ1) is 31.1. The maximum Gasteiger partial charge on any atom is 0.256 e. The van der Waals surface area contributed by atoms with Crippen LogP contribution in [0.1, 0.15) is 43.5 Å². The fourth-order valence-corrected chi connectivity index (χ4v) is 4.04. The highest BCUT2D eigenvalue weighted by Gasteiger charge is 2.32. The van der Waals surface area contributed by atoms with E-state index in [0.29, 0.717) is 38.5 Å². The monoisotopic (exact) mass is 525 g/mol. The first-order chi connectivity index (χ1) is 17.6. The van der Waals surface area contributed by atoms with E-state index in [2.05, 4.69) is 0 Å². The SMILES string of the molecule is CC(C)CCO[C@@H]1CN(C(=O)c2ccccc2F)CCN(C(=O)CN(C)C)CCCCOC[C@@H](O)[C@H]1O. The predicted octanol–water partition coefficient (Wildman–Crippen LogP) is 1.62. The fourth-order valence-electron chi connectivity index (χ4n) is 4.04. The van der Waals surface area contributed by atoms with E-state index in [-0.39, 0.29) is 44.3 Å². The number of rotatable bonds is 7. The summed E-state index contributed by atoms with van der Waals surface area (Å²) >= 11 is 0. The molecule has 2 rings (SSSR count). The van der Waals surface area contributed by atoms with Gasteiger partial charge >= 0.3 is 0 Å². The molecule has 0 unspecified atom stereocenters. The van der Waals surface area contributed by atoms with Crippen molar-refractivity contribution in [3.63, 3.8) is 0 Å². The highest BCUT2D eigenvalue weighted by molar-refractivity contribution is 5.94. The van der Waals surface area contributed by atoms with Gasteiger partial charge in [-0.25, -0.2) is 4.39 Å². The van der Waals surface area contributed by atoms with E-state index in [1.54, 1.807) is 15.9 Å². The molecule has 0 aliphatic carbocycles. The van der Waals surface area contributed by atoms with Crippen molar-refractivity contribution in [2.45, 2.75) is 51.4 Å². The molecule has 2 N–H and O–H groups in total. The normalized spacial score (nSPS) is 22.8. The Morgan fingerprint density at radius 2 is 1.84 bits per heavy atom. The highest BCUT2D eigenvalue weighted by atomic mass is 19.1. The minimum atomic E-state index is -1.32. The lowest BCUT2D eigenvalue weighted by Crippen LogP contribution is -2.51. The van der Waals surface area contributed by atoms with Crippen molar-refractivity contribution in [3.05, 3.63) is 35.6 Å². The molecule has 1 aliphatic heterocycles. The van der Waals surface area contributed by atoms with Gasteiger partial charge in [-0.2, -0.15) is 0 Å². The largest absolute Gasteiger partial charge is 0.388 e. The lowest BCUT2D eigenvalue weighted by molar-refractivity contribution is -0.133. The Morgan fingerprint density at radius 3 is 2.51 bits per heavy atom. The summed E-state index contributed by atoms with van der Waals surface area (Å²) in [5.74, 6) is -0.938. The number of halogens is 1. The van der Waals surface area contributed by atoms with E-state index >= 15 is 0 Å². The average molecular weight is 526 g/mol. The molecule has 1 heterocycles. The molecule has 2 amide bonds.